The molecule has 1 N–H and O–H groups in total. The molecule has 0 spiro atoms. The van der Waals surface area contributed by atoms with Crippen LogP contribution in [0.4, 0.5) is 0 Å². The van der Waals surface area contributed by atoms with Gasteiger partial charge in [-0.2, -0.15) is 0 Å². The smallest absolute Gasteiger partial charge is 0.339 e. The molecule has 19 heavy (non-hydrogen) atoms. The Morgan fingerprint density at radius 1 is 1.53 bits per heavy atom. The summed E-state index contributed by atoms with van der Waals surface area (Å²) >= 11 is 0. The first-order valence-electron chi connectivity index (χ1n) is 6.08. The van der Waals surface area contributed by atoms with Crippen molar-refractivity contribution in [3.05, 3.63) is 48.0 Å². The lowest BCUT2D eigenvalue weighted by Gasteiger charge is -2.12. The highest BCUT2D eigenvalue weighted by atomic mass is 16.5. The van der Waals surface area contributed by atoms with Gasteiger partial charge in [0, 0.05) is 18.1 Å². The van der Waals surface area contributed by atoms with Gasteiger partial charge in [0.2, 0.25) is 0 Å². The number of aromatic nitrogens is 2. The zero-order valence-electron chi connectivity index (χ0n) is 10.9. The fourth-order valence-electron chi connectivity index (χ4n) is 1.85. The summed E-state index contributed by atoms with van der Waals surface area (Å²) < 4.78 is 6.68. The Morgan fingerprint density at radius 2 is 2.32 bits per heavy atom. The van der Waals surface area contributed by atoms with E-state index in [1.54, 1.807) is 31.3 Å². The summed E-state index contributed by atoms with van der Waals surface area (Å²) in [5, 5.41) is 9.91. The van der Waals surface area contributed by atoms with E-state index in [9.17, 15) is 9.90 Å². The molecule has 1 heterocycles. The van der Waals surface area contributed by atoms with E-state index in [4.69, 9.17) is 4.74 Å². The van der Waals surface area contributed by atoms with E-state index < -0.39 is 12.1 Å². The molecule has 1 aromatic heterocycles. The first kappa shape index (κ1) is 13.3. The molecule has 0 saturated carbocycles. The molecule has 5 nitrogen and oxygen atoms in total. The third-order valence-electron chi connectivity index (χ3n) is 2.80. The molecular weight excluding hydrogens is 244 g/mol. The highest BCUT2D eigenvalue weighted by molar-refractivity contribution is 5.76. The van der Waals surface area contributed by atoms with Crippen molar-refractivity contribution in [1.82, 2.24) is 9.55 Å². The van der Waals surface area contributed by atoms with Crippen molar-refractivity contribution < 1.29 is 14.6 Å². The molecule has 0 aliphatic heterocycles. The predicted octanol–water partition coefficient (Wildman–Crippen LogP) is 1.78. The monoisotopic (exact) mass is 260 g/mol. The van der Waals surface area contributed by atoms with Gasteiger partial charge >= 0.3 is 5.97 Å². The molecule has 2 aromatic rings. The Kier molecular flexibility index (Phi) is 3.97. The Bertz CT molecular complexity index is 578. The van der Waals surface area contributed by atoms with Crippen molar-refractivity contribution in [2.75, 3.05) is 6.61 Å². The number of hydrogen-bond donors (Lipinski definition) is 1. The van der Waals surface area contributed by atoms with Crippen LogP contribution in [0.25, 0.3) is 5.69 Å². The summed E-state index contributed by atoms with van der Waals surface area (Å²) in [6.45, 7) is 3.83. The highest BCUT2D eigenvalue weighted by Gasteiger charge is 2.18. The van der Waals surface area contributed by atoms with Gasteiger partial charge in [-0.3, -0.25) is 0 Å². The van der Waals surface area contributed by atoms with Crippen LogP contribution in [0.3, 0.4) is 0 Å². The number of hydrogen-bond acceptors (Lipinski definition) is 4. The van der Waals surface area contributed by atoms with Crippen LogP contribution in [-0.2, 0) is 9.53 Å². The first-order valence-corrected chi connectivity index (χ1v) is 6.08. The number of imidazole rings is 1. The maximum Gasteiger partial charge on any atom is 0.339 e. The van der Waals surface area contributed by atoms with E-state index in [0.717, 1.165) is 11.5 Å². The van der Waals surface area contributed by atoms with E-state index in [0.29, 0.717) is 5.56 Å². The quantitative estimate of drug-likeness (QED) is 0.851. The Balaban J connectivity index is 2.30. The summed E-state index contributed by atoms with van der Waals surface area (Å²) in [5.41, 5.74) is 1.35. The largest absolute Gasteiger partial charge is 0.464 e. The molecule has 0 aliphatic carbocycles. The lowest BCUT2D eigenvalue weighted by Crippen LogP contribution is -2.15. The van der Waals surface area contributed by atoms with Crippen LogP contribution in [0.2, 0.25) is 0 Å². The number of nitrogens with zero attached hydrogens (tertiary/aromatic N) is 2. The number of aliphatic hydroxyl groups is 1. The summed E-state index contributed by atoms with van der Waals surface area (Å²) in [5.74, 6) is 0.199. The van der Waals surface area contributed by atoms with Crippen molar-refractivity contribution >= 4 is 5.97 Å². The van der Waals surface area contributed by atoms with E-state index in [-0.39, 0.29) is 6.61 Å². The van der Waals surface area contributed by atoms with Gasteiger partial charge < -0.3 is 14.4 Å². The molecule has 1 aromatic carbocycles. The number of carbonyl (C=O) groups is 1. The maximum atomic E-state index is 11.5. The Labute approximate surface area is 111 Å². The molecule has 2 rings (SSSR count). The van der Waals surface area contributed by atoms with E-state index in [1.165, 1.54) is 0 Å². The average molecular weight is 260 g/mol. The standard InChI is InChI=1S/C14H16N2O3/c1-3-19-14(18)13(17)11-5-4-6-12(9-11)16-8-7-15-10(16)2/h4-9,13,17H,3H2,1-2H3. The van der Waals surface area contributed by atoms with Crippen molar-refractivity contribution in [3.63, 3.8) is 0 Å². The fourth-order valence-corrected chi connectivity index (χ4v) is 1.85. The van der Waals surface area contributed by atoms with Gasteiger partial charge in [-0.05, 0) is 31.5 Å². The highest BCUT2D eigenvalue weighted by Crippen LogP contribution is 2.19. The SMILES string of the molecule is CCOC(=O)C(O)c1cccc(-n2ccnc2C)c1. The van der Waals surface area contributed by atoms with Crippen molar-refractivity contribution in [2.24, 2.45) is 0 Å². The van der Waals surface area contributed by atoms with E-state index in [1.807, 2.05) is 23.8 Å². The Morgan fingerprint density at radius 3 is 2.95 bits per heavy atom. The second-order valence-corrected chi connectivity index (χ2v) is 4.09. The van der Waals surface area contributed by atoms with Crippen LogP contribution in [0.5, 0.6) is 0 Å². The fraction of sp³-hybridized carbons (Fsp3) is 0.286. The lowest BCUT2D eigenvalue weighted by molar-refractivity contribution is -0.153. The molecule has 1 unspecified atom stereocenters. The second kappa shape index (κ2) is 5.67. The Hall–Kier alpha value is -2.14. The molecular formula is C14H16N2O3. The van der Waals surface area contributed by atoms with Crippen molar-refractivity contribution in [2.45, 2.75) is 20.0 Å². The molecule has 0 bridgehead atoms. The first-order chi connectivity index (χ1) is 9.13. The number of aryl methyl sites for hydroxylation is 1. The third kappa shape index (κ3) is 2.82. The van der Waals surface area contributed by atoms with Gasteiger partial charge in [0.1, 0.15) is 5.82 Å². The van der Waals surface area contributed by atoms with Crippen LogP contribution >= 0.6 is 0 Å². The lowest BCUT2D eigenvalue weighted by atomic mass is 10.1. The van der Waals surface area contributed by atoms with Gasteiger partial charge in [-0.1, -0.05) is 12.1 Å². The number of rotatable bonds is 4. The minimum absolute atomic E-state index is 0.246. The number of benzene rings is 1. The second-order valence-electron chi connectivity index (χ2n) is 4.09. The molecule has 0 amide bonds. The molecule has 1 atom stereocenters. The summed E-state index contributed by atoms with van der Waals surface area (Å²) in [6.07, 6.45) is 2.26. The summed E-state index contributed by atoms with van der Waals surface area (Å²) in [7, 11) is 0. The van der Waals surface area contributed by atoms with Crippen LogP contribution in [0.1, 0.15) is 24.4 Å². The van der Waals surface area contributed by atoms with E-state index >= 15 is 0 Å². The summed E-state index contributed by atoms with van der Waals surface area (Å²) in [4.78, 5) is 15.7. The third-order valence-corrected chi connectivity index (χ3v) is 2.80. The normalized spacial score (nSPS) is 12.2. The van der Waals surface area contributed by atoms with Crippen LogP contribution in [0, 0.1) is 6.92 Å². The number of esters is 1. The zero-order chi connectivity index (χ0) is 13.8. The van der Waals surface area contributed by atoms with Gasteiger partial charge in [-0.15, -0.1) is 0 Å². The topological polar surface area (TPSA) is 64.3 Å². The van der Waals surface area contributed by atoms with Gasteiger partial charge in [0.25, 0.3) is 0 Å². The van der Waals surface area contributed by atoms with Gasteiger partial charge in [0.05, 0.1) is 6.61 Å². The maximum absolute atomic E-state index is 11.5. The molecule has 0 saturated heterocycles. The zero-order valence-corrected chi connectivity index (χ0v) is 10.9. The minimum Gasteiger partial charge on any atom is -0.464 e. The van der Waals surface area contributed by atoms with Crippen molar-refractivity contribution in [3.8, 4) is 5.69 Å². The van der Waals surface area contributed by atoms with Crippen LogP contribution in [-0.4, -0.2) is 27.2 Å². The predicted molar refractivity (Wildman–Crippen MR) is 69.9 cm³/mol. The molecule has 0 fully saturated rings. The van der Waals surface area contributed by atoms with Crippen LogP contribution < -0.4 is 0 Å². The van der Waals surface area contributed by atoms with Crippen LogP contribution in [0.15, 0.2) is 36.7 Å². The molecule has 0 radical (unpaired) electrons. The molecule has 5 heteroatoms. The van der Waals surface area contributed by atoms with Gasteiger partial charge in [0.15, 0.2) is 6.10 Å². The number of ether oxygens (including phenoxy) is 1. The van der Waals surface area contributed by atoms with Gasteiger partial charge in [-0.25, -0.2) is 9.78 Å². The van der Waals surface area contributed by atoms with E-state index in [2.05, 4.69) is 4.98 Å². The summed E-state index contributed by atoms with van der Waals surface area (Å²) in [6, 6.07) is 7.11. The number of carbonyl (C=O) groups excluding carboxylic acids is 1. The van der Waals surface area contributed by atoms with Crippen molar-refractivity contribution in [1.29, 1.82) is 0 Å². The number of aliphatic hydroxyl groups excluding tert-OH is 1. The molecule has 100 valence electrons. The minimum atomic E-state index is -1.26. The molecule has 0 aliphatic rings. The average Bonchev–Trinajstić information content (AvgIpc) is 2.84.